The number of benzene rings is 1. The number of nitrogens with one attached hydrogen (secondary N) is 1. The number of hydrogen-bond acceptors (Lipinski definition) is 5. The standard InChI is InChI=1S/C22H30F2N6O/c1-25-22(29(3)16-17-6-8-19(9-7-17)31-21(23)24)27-15-18-5-4-10-26-20(18)30-13-11-28(2)12-14-30/h4-10,21H,11-16H2,1-3H3,(H,25,27). The molecule has 168 valence electrons. The lowest BCUT2D eigenvalue weighted by molar-refractivity contribution is -0.0498. The molecule has 9 heteroatoms. The normalized spacial score (nSPS) is 15.3. The molecule has 0 bridgehead atoms. The molecule has 0 radical (unpaired) electrons. The highest BCUT2D eigenvalue weighted by Gasteiger charge is 2.18. The Labute approximate surface area is 182 Å². The maximum atomic E-state index is 12.3. The first-order valence-corrected chi connectivity index (χ1v) is 10.3. The third kappa shape index (κ3) is 6.52. The molecule has 1 aromatic carbocycles. The Kier molecular flexibility index (Phi) is 8.00. The Morgan fingerprint density at radius 2 is 1.90 bits per heavy atom. The number of pyridine rings is 1. The zero-order chi connectivity index (χ0) is 22.2. The van der Waals surface area contributed by atoms with E-state index in [1.165, 1.54) is 0 Å². The second-order valence-electron chi connectivity index (χ2n) is 7.56. The largest absolute Gasteiger partial charge is 0.435 e. The minimum Gasteiger partial charge on any atom is -0.435 e. The van der Waals surface area contributed by atoms with Crippen molar-refractivity contribution in [2.75, 3.05) is 52.2 Å². The molecular formula is C22H30F2N6O. The van der Waals surface area contributed by atoms with Gasteiger partial charge in [0.15, 0.2) is 5.96 Å². The van der Waals surface area contributed by atoms with Crippen LogP contribution in [0.2, 0.25) is 0 Å². The fourth-order valence-electron chi connectivity index (χ4n) is 3.56. The number of rotatable bonds is 7. The van der Waals surface area contributed by atoms with E-state index in [9.17, 15) is 8.78 Å². The number of anilines is 1. The molecule has 3 rings (SSSR count). The molecule has 2 aromatic rings. The van der Waals surface area contributed by atoms with Crippen molar-refractivity contribution in [3.8, 4) is 5.75 Å². The van der Waals surface area contributed by atoms with Crippen LogP contribution in [0, 0.1) is 0 Å². The summed E-state index contributed by atoms with van der Waals surface area (Å²) < 4.78 is 29.0. The van der Waals surface area contributed by atoms with E-state index in [-0.39, 0.29) is 5.75 Å². The summed E-state index contributed by atoms with van der Waals surface area (Å²) >= 11 is 0. The molecule has 1 N–H and O–H groups in total. The van der Waals surface area contributed by atoms with E-state index in [0.717, 1.165) is 49.1 Å². The Bertz CT molecular complexity index is 853. The highest BCUT2D eigenvalue weighted by atomic mass is 19.3. The molecule has 1 aromatic heterocycles. The molecular weight excluding hydrogens is 402 g/mol. The lowest BCUT2D eigenvalue weighted by Crippen LogP contribution is -2.45. The summed E-state index contributed by atoms with van der Waals surface area (Å²) in [6.45, 7) is 2.32. The minimum absolute atomic E-state index is 0.150. The second-order valence-corrected chi connectivity index (χ2v) is 7.56. The number of alkyl halides is 2. The zero-order valence-electron chi connectivity index (χ0n) is 18.3. The van der Waals surface area contributed by atoms with Crippen LogP contribution in [0.5, 0.6) is 5.75 Å². The van der Waals surface area contributed by atoms with Gasteiger partial charge in [-0.3, -0.25) is 4.99 Å². The molecule has 0 atom stereocenters. The third-order valence-electron chi connectivity index (χ3n) is 5.25. The van der Waals surface area contributed by atoms with Crippen LogP contribution in [0.3, 0.4) is 0 Å². The average molecular weight is 433 g/mol. The number of aromatic nitrogens is 1. The molecule has 1 aliphatic rings. The quantitative estimate of drug-likeness (QED) is 0.536. The number of piperazine rings is 1. The Hall–Kier alpha value is -2.94. The third-order valence-corrected chi connectivity index (χ3v) is 5.25. The number of hydrogen-bond donors (Lipinski definition) is 1. The lowest BCUT2D eigenvalue weighted by Gasteiger charge is -2.34. The van der Waals surface area contributed by atoms with E-state index in [2.05, 4.69) is 42.9 Å². The van der Waals surface area contributed by atoms with Crippen LogP contribution in [0.1, 0.15) is 11.1 Å². The molecule has 1 aliphatic heterocycles. The van der Waals surface area contributed by atoms with Crippen molar-refractivity contribution < 1.29 is 13.5 Å². The fraction of sp³-hybridized carbons (Fsp3) is 0.455. The summed E-state index contributed by atoms with van der Waals surface area (Å²) in [5.74, 6) is 1.90. The molecule has 0 spiro atoms. The van der Waals surface area contributed by atoms with Crippen molar-refractivity contribution in [2.24, 2.45) is 4.99 Å². The zero-order valence-corrected chi connectivity index (χ0v) is 18.3. The molecule has 0 saturated carbocycles. The summed E-state index contributed by atoms with van der Waals surface area (Å²) in [4.78, 5) is 15.6. The van der Waals surface area contributed by atoms with Crippen molar-refractivity contribution in [1.29, 1.82) is 0 Å². The van der Waals surface area contributed by atoms with Gasteiger partial charge in [0, 0.05) is 65.1 Å². The molecule has 0 amide bonds. The molecule has 7 nitrogen and oxygen atoms in total. The van der Waals surface area contributed by atoms with Gasteiger partial charge in [0.1, 0.15) is 11.6 Å². The predicted octanol–water partition coefficient (Wildman–Crippen LogP) is 2.64. The number of halogens is 2. The maximum Gasteiger partial charge on any atom is 0.387 e. The maximum absolute atomic E-state index is 12.3. The highest BCUT2D eigenvalue weighted by Crippen LogP contribution is 2.19. The van der Waals surface area contributed by atoms with E-state index >= 15 is 0 Å². The van der Waals surface area contributed by atoms with Gasteiger partial charge in [-0.15, -0.1) is 0 Å². The smallest absolute Gasteiger partial charge is 0.387 e. The van der Waals surface area contributed by atoms with Crippen LogP contribution in [-0.4, -0.2) is 74.7 Å². The van der Waals surface area contributed by atoms with Crippen molar-refractivity contribution in [3.05, 3.63) is 53.7 Å². The minimum atomic E-state index is -2.82. The van der Waals surface area contributed by atoms with Gasteiger partial charge in [0.2, 0.25) is 0 Å². The monoisotopic (exact) mass is 432 g/mol. The summed E-state index contributed by atoms with van der Waals surface area (Å²) in [6.07, 6.45) is 1.83. The average Bonchev–Trinajstić information content (AvgIpc) is 2.76. The van der Waals surface area contributed by atoms with Crippen molar-refractivity contribution >= 4 is 11.8 Å². The van der Waals surface area contributed by atoms with E-state index in [4.69, 9.17) is 0 Å². The highest BCUT2D eigenvalue weighted by molar-refractivity contribution is 5.79. The topological polar surface area (TPSA) is 56.2 Å². The van der Waals surface area contributed by atoms with Crippen LogP contribution >= 0.6 is 0 Å². The SMILES string of the molecule is CN=C(NCc1cccnc1N1CCN(C)CC1)N(C)Cc1ccc(OC(F)F)cc1. The Balaban J connectivity index is 1.59. The number of nitrogens with zero attached hydrogens (tertiary/aromatic N) is 5. The van der Waals surface area contributed by atoms with Gasteiger partial charge in [-0.05, 0) is 30.8 Å². The number of aliphatic imine (C=N–C) groups is 1. The van der Waals surface area contributed by atoms with Gasteiger partial charge in [0.25, 0.3) is 0 Å². The molecule has 31 heavy (non-hydrogen) atoms. The summed E-state index contributed by atoms with van der Waals surface area (Å²) in [5.41, 5.74) is 2.08. The Morgan fingerprint density at radius 3 is 2.55 bits per heavy atom. The predicted molar refractivity (Wildman–Crippen MR) is 119 cm³/mol. The second kappa shape index (κ2) is 10.9. The summed E-state index contributed by atoms with van der Waals surface area (Å²) in [6, 6.07) is 10.7. The van der Waals surface area contributed by atoms with Crippen LogP contribution in [0.15, 0.2) is 47.6 Å². The van der Waals surface area contributed by atoms with Gasteiger partial charge in [-0.25, -0.2) is 4.98 Å². The van der Waals surface area contributed by atoms with E-state index in [1.807, 2.05) is 24.2 Å². The number of likely N-dealkylation sites (N-methyl/N-ethyl adjacent to an activating group) is 1. The fourth-order valence-corrected chi connectivity index (χ4v) is 3.56. The van der Waals surface area contributed by atoms with Gasteiger partial charge < -0.3 is 24.8 Å². The molecule has 1 saturated heterocycles. The van der Waals surface area contributed by atoms with E-state index in [1.54, 1.807) is 31.3 Å². The van der Waals surface area contributed by atoms with Crippen molar-refractivity contribution in [3.63, 3.8) is 0 Å². The van der Waals surface area contributed by atoms with Crippen LogP contribution in [0.4, 0.5) is 14.6 Å². The lowest BCUT2D eigenvalue weighted by atomic mass is 10.2. The molecule has 1 fully saturated rings. The van der Waals surface area contributed by atoms with Crippen molar-refractivity contribution in [1.82, 2.24) is 20.1 Å². The van der Waals surface area contributed by atoms with Gasteiger partial charge in [-0.2, -0.15) is 8.78 Å². The van der Waals surface area contributed by atoms with E-state index < -0.39 is 6.61 Å². The molecule has 2 heterocycles. The van der Waals surface area contributed by atoms with Gasteiger partial charge in [0.05, 0.1) is 0 Å². The van der Waals surface area contributed by atoms with Gasteiger partial charge >= 0.3 is 6.61 Å². The molecule has 0 unspecified atom stereocenters. The first-order valence-electron chi connectivity index (χ1n) is 10.3. The van der Waals surface area contributed by atoms with Gasteiger partial charge in [-0.1, -0.05) is 18.2 Å². The first-order chi connectivity index (χ1) is 15.0. The summed E-state index contributed by atoms with van der Waals surface area (Å²) in [7, 11) is 5.81. The number of ether oxygens (including phenoxy) is 1. The van der Waals surface area contributed by atoms with Crippen molar-refractivity contribution in [2.45, 2.75) is 19.7 Å². The molecule has 0 aliphatic carbocycles. The summed E-state index contributed by atoms with van der Waals surface area (Å²) in [5, 5.41) is 3.41. The van der Waals surface area contributed by atoms with E-state index in [0.29, 0.717) is 13.1 Å². The van der Waals surface area contributed by atoms with Crippen LogP contribution in [0.25, 0.3) is 0 Å². The van der Waals surface area contributed by atoms with Crippen LogP contribution < -0.4 is 15.0 Å². The Morgan fingerprint density at radius 1 is 1.19 bits per heavy atom. The number of guanidine groups is 1. The first kappa shape index (κ1) is 22.7. The van der Waals surface area contributed by atoms with Crippen LogP contribution in [-0.2, 0) is 13.1 Å².